The van der Waals surface area contributed by atoms with Crippen LogP contribution in [0.1, 0.15) is 19.3 Å². The van der Waals surface area contributed by atoms with Crippen molar-refractivity contribution >= 4 is 17.5 Å². The number of hydrogen-bond donors (Lipinski definition) is 2. The normalized spacial score (nSPS) is 27.2. The molecule has 13 heavy (non-hydrogen) atoms. The number of nitrogens with one attached hydrogen (secondary N) is 1. The zero-order valence-corrected chi connectivity index (χ0v) is 8.31. The maximum Gasteiger partial charge on any atom is 0.223 e. The van der Waals surface area contributed by atoms with Gasteiger partial charge >= 0.3 is 0 Å². The molecule has 3 nitrogen and oxygen atoms in total. The highest BCUT2D eigenvalue weighted by atomic mass is 35.5. The lowest BCUT2D eigenvalue weighted by molar-refractivity contribution is -0.124. The molecule has 0 aliphatic heterocycles. The first-order valence-corrected chi connectivity index (χ1v) is 4.84. The first-order chi connectivity index (χ1) is 6.09. The van der Waals surface area contributed by atoms with Crippen LogP contribution in [-0.2, 0) is 4.79 Å². The summed E-state index contributed by atoms with van der Waals surface area (Å²) in [6, 6.07) is 0.190. The van der Waals surface area contributed by atoms with Crippen molar-refractivity contribution < 1.29 is 4.79 Å². The van der Waals surface area contributed by atoms with Gasteiger partial charge in [-0.1, -0.05) is 18.2 Å². The third-order valence-corrected chi connectivity index (χ3v) is 2.43. The third-order valence-electron chi connectivity index (χ3n) is 2.30. The maximum atomic E-state index is 11.4. The molecule has 1 aliphatic carbocycles. The van der Waals surface area contributed by atoms with E-state index < -0.39 is 0 Å². The van der Waals surface area contributed by atoms with Crippen LogP contribution < -0.4 is 11.1 Å². The highest BCUT2D eigenvalue weighted by Gasteiger charge is 2.27. The van der Waals surface area contributed by atoms with Gasteiger partial charge in [-0.2, -0.15) is 0 Å². The Morgan fingerprint density at radius 3 is 2.77 bits per heavy atom. The number of hydrogen-bond acceptors (Lipinski definition) is 2. The standard InChI is InChI=1S/C9H15ClN2O/c1-6(10)5-12-9(13)7-2-3-8(11)4-7/h7-8H,1-5,11H2,(H,12,13). The van der Waals surface area contributed by atoms with E-state index in [-0.39, 0.29) is 17.9 Å². The largest absolute Gasteiger partial charge is 0.351 e. The fourth-order valence-corrected chi connectivity index (χ4v) is 1.65. The van der Waals surface area contributed by atoms with Crippen LogP contribution >= 0.6 is 11.6 Å². The van der Waals surface area contributed by atoms with Crippen LogP contribution in [0.4, 0.5) is 0 Å². The van der Waals surface area contributed by atoms with E-state index in [1.54, 1.807) is 0 Å². The van der Waals surface area contributed by atoms with Gasteiger partial charge in [0.1, 0.15) is 0 Å². The molecule has 0 saturated heterocycles. The quantitative estimate of drug-likeness (QED) is 0.717. The summed E-state index contributed by atoms with van der Waals surface area (Å²) in [6.07, 6.45) is 2.63. The Kier molecular flexibility index (Phi) is 3.75. The zero-order chi connectivity index (χ0) is 9.84. The lowest BCUT2D eigenvalue weighted by atomic mass is 10.1. The van der Waals surface area contributed by atoms with Crippen LogP contribution in [-0.4, -0.2) is 18.5 Å². The molecular weight excluding hydrogens is 188 g/mol. The van der Waals surface area contributed by atoms with Gasteiger partial charge in [-0.15, -0.1) is 0 Å². The van der Waals surface area contributed by atoms with Crippen molar-refractivity contribution in [2.75, 3.05) is 6.54 Å². The molecule has 1 aliphatic rings. The molecule has 0 radical (unpaired) electrons. The second-order valence-corrected chi connectivity index (χ2v) is 4.04. The Morgan fingerprint density at radius 2 is 2.31 bits per heavy atom. The second-order valence-electron chi connectivity index (χ2n) is 3.51. The van der Waals surface area contributed by atoms with Crippen molar-refractivity contribution in [2.24, 2.45) is 11.7 Å². The summed E-state index contributed by atoms with van der Waals surface area (Å²) in [5.74, 6) is 0.126. The van der Waals surface area contributed by atoms with Crippen LogP contribution in [0.3, 0.4) is 0 Å². The first kappa shape index (κ1) is 10.5. The predicted octanol–water partition coefficient (Wildman–Crippen LogP) is 0.983. The highest BCUT2D eigenvalue weighted by molar-refractivity contribution is 6.29. The molecule has 1 rings (SSSR count). The van der Waals surface area contributed by atoms with E-state index in [4.69, 9.17) is 17.3 Å². The lowest BCUT2D eigenvalue weighted by Gasteiger charge is -2.09. The molecule has 0 aromatic carbocycles. The van der Waals surface area contributed by atoms with Crippen LogP contribution in [0.5, 0.6) is 0 Å². The average Bonchev–Trinajstić information content (AvgIpc) is 2.47. The smallest absolute Gasteiger partial charge is 0.223 e. The van der Waals surface area contributed by atoms with Crippen molar-refractivity contribution in [2.45, 2.75) is 25.3 Å². The van der Waals surface area contributed by atoms with E-state index in [9.17, 15) is 4.79 Å². The summed E-state index contributed by atoms with van der Waals surface area (Å²) in [6.45, 7) is 3.85. The highest BCUT2D eigenvalue weighted by Crippen LogP contribution is 2.23. The van der Waals surface area contributed by atoms with Crippen molar-refractivity contribution in [1.29, 1.82) is 0 Å². The van der Waals surface area contributed by atoms with Gasteiger partial charge in [0, 0.05) is 17.0 Å². The molecule has 0 aromatic rings. The summed E-state index contributed by atoms with van der Waals surface area (Å²) in [7, 11) is 0. The lowest BCUT2D eigenvalue weighted by Crippen LogP contribution is -2.31. The Hall–Kier alpha value is -0.540. The van der Waals surface area contributed by atoms with Crippen molar-refractivity contribution in [3.8, 4) is 0 Å². The molecule has 2 unspecified atom stereocenters. The van der Waals surface area contributed by atoms with E-state index in [0.717, 1.165) is 19.3 Å². The minimum atomic E-state index is 0.0507. The van der Waals surface area contributed by atoms with Gasteiger partial charge in [-0.05, 0) is 19.3 Å². The van der Waals surface area contributed by atoms with Gasteiger partial charge in [0.2, 0.25) is 5.91 Å². The van der Waals surface area contributed by atoms with E-state index in [2.05, 4.69) is 11.9 Å². The Morgan fingerprint density at radius 1 is 1.62 bits per heavy atom. The third kappa shape index (κ3) is 3.36. The summed E-state index contributed by atoms with van der Waals surface area (Å²) in [5.41, 5.74) is 5.70. The molecule has 1 amide bonds. The van der Waals surface area contributed by atoms with E-state index in [1.165, 1.54) is 0 Å². The number of halogens is 1. The van der Waals surface area contributed by atoms with Gasteiger partial charge < -0.3 is 11.1 Å². The topological polar surface area (TPSA) is 55.1 Å². The van der Waals surface area contributed by atoms with E-state index >= 15 is 0 Å². The van der Waals surface area contributed by atoms with Gasteiger partial charge in [0.15, 0.2) is 0 Å². The molecule has 4 heteroatoms. The summed E-state index contributed by atoms with van der Waals surface area (Å²) in [4.78, 5) is 11.4. The van der Waals surface area contributed by atoms with Crippen molar-refractivity contribution in [3.63, 3.8) is 0 Å². The van der Waals surface area contributed by atoms with E-state index in [0.29, 0.717) is 11.6 Å². The van der Waals surface area contributed by atoms with Gasteiger partial charge in [-0.3, -0.25) is 4.79 Å². The average molecular weight is 203 g/mol. The molecule has 1 saturated carbocycles. The molecule has 2 atom stereocenters. The summed E-state index contributed by atoms with van der Waals surface area (Å²) < 4.78 is 0. The van der Waals surface area contributed by atoms with Crippen molar-refractivity contribution in [3.05, 3.63) is 11.6 Å². The Balaban J connectivity index is 2.27. The molecular formula is C9H15ClN2O. The predicted molar refractivity (Wildman–Crippen MR) is 53.3 cm³/mol. The Labute approximate surface area is 83.3 Å². The fourth-order valence-electron chi connectivity index (χ4n) is 1.58. The molecule has 0 spiro atoms. The molecule has 3 N–H and O–H groups in total. The van der Waals surface area contributed by atoms with E-state index in [1.807, 2.05) is 0 Å². The maximum absolute atomic E-state index is 11.4. The molecule has 0 aromatic heterocycles. The van der Waals surface area contributed by atoms with Gasteiger partial charge in [-0.25, -0.2) is 0 Å². The molecule has 74 valence electrons. The second kappa shape index (κ2) is 4.63. The molecule has 0 bridgehead atoms. The van der Waals surface area contributed by atoms with Crippen LogP contribution in [0.2, 0.25) is 0 Å². The number of carbonyl (C=O) groups excluding carboxylic acids is 1. The van der Waals surface area contributed by atoms with Crippen LogP contribution in [0, 0.1) is 5.92 Å². The van der Waals surface area contributed by atoms with Gasteiger partial charge in [0.05, 0.1) is 6.54 Å². The fraction of sp³-hybridized carbons (Fsp3) is 0.667. The number of rotatable bonds is 3. The summed E-state index contributed by atoms with van der Waals surface area (Å²) >= 11 is 5.52. The van der Waals surface area contributed by atoms with Crippen molar-refractivity contribution in [1.82, 2.24) is 5.32 Å². The van der Waals surface area contributed by atoms with Gasteiger partial charge in [0.25, 0.3) is 0 Å². The van der Waals surface area contributed by atoms with Crippen LogP contribution in [0.15, 0.2) is 11.6 Å². The summed E-state index contributed by atoms with van der Waals surface area (Å²) in [5, 5.41) is 3.17. The van der Waals surface area contributed by atoms with Crippen LogP contribution in [0.25, 0.3) is 0 Å². The SMILES string of the molecule is C=C(Cl)CNC(=O)C1CCC(N)C1. The minimum absolute atomic E-state index is 0.0507. The minimum Gasteiger partial charge on any atom is -0.351 e. The Bertz CT molecular complexity index is 218. The number of carbonyl (C=O) groups is 1. The first-order valence-electron chi connectivity index (χ1n) is 4.46. The number of amides is 1. The monoisotopic (exact) mass is 202 g/mol. The zero-order valence-electron chi connectivity index (χ0n) is 7.55. The number of nitrogens with two attached hydrogens (primary N) is 1. The molecule has 0 heterocycles. The molecule has 1 fully saturated rings.